The van der Waals surface area contributed by atoms with Crippen molar-refractivity contribution in [2.75, 3.05) is 26.2 Å². The van der Waals surface area contributed by atoms with E-state index in [1.165, 1.54) is 51.7 Å². The molecule has 0 saturated heterocycles. The summed E-state index contributed by atoms with van der Waals surface area (Å²) in [7, 11) is 0. The van der Waals surface area contributed by atoms with Crippen LogP contribution in [-0.4, -0.2) is 31.1 Å². The summed E-state index contributed by atoms with van der Waals surface area (Å²) in [5, 5.41) is 0. The van der Waals surface area contributed by atoms with E-state index in [9.17, 15) is 0 Å². The zero-order valence-corrected chi connectivity index (χ0v) is 11.5. The molecule has 0 aliphatic heterocycles. The maximum Gasteiger partial charge on any atom is 0.000966 e. The molecular weight excluding hydrogens is 196 g/mol. The summed E-state index contributed by atoms with van der Waals surface area (Å²) in [5.74, 6) is 1.02. The van der Waals surface area contributed by atoms with Crippen LogP contribution in [0.4, 0.5) is 0 Å². The Hall–Kier alpha value is -0.0800. The van der Waals surface area contributed by atoms with Gasteiger partial charge in [0, 0.05) is 6.54 Å². The summed E-state index contributed by atoms with van der Waals surface area (Å²) in [6.07, 6.45) is 6.78. The SMILES string of the molecule is CCCN(CCCC(C)(C)CN)CC1CC1. The van der Waals surface area contributed by atoms with Gasteiger partial charge >= 0.3 is 0 Å². The molecule has 16 heavy (non-hydrogen) atoms. The summed E-state index contributed by atoms with van der Waals surface area (Å²) in [5.41, 5.74) is 6.09. The highest BCUT2D eigenvalue weighted by molar-refractivity contribution is 4.78. The van der Waals surface area contributed by atoms with E-state index in [1.54, 1.807) is 0 Å². The fraction of sp³-hybridized carbons (Fsp3) is 1.00. The van der Waals surface area contributed by atoms with E-state index in [1.807, 2.05) is 0 Å². The minimum Gasteiger partial charge on any atom is -0.330 e. The van der Waals surface area contributed by atoms with Crippen molar-refractivity contribution in [2.45, 2.75) is 52.9 Å². The minimum absolute atomic E-state index is 0.331. The third-order valence-electron chi connectivity index (χ3n) is 3.63. The van der Waals surface area contributed by atoms with Gasteiger partial charge in [0.2, 0.25) is 0 Å². The lowest BCUT2D eigenvalue weighted by Gasteiger charge is -2.26. The first kappa shape index (κ1) is 14.0. The van der Waals surface area contributed by atoms with Crippen molar-refractivity contribution in [1.82, 2.24) is 4.90 Å². The number of nitrogens with zero attached hydrogens (tertiary/aromatic N) is 1. The van der Waals surface area contributed by atoms with E-state index in [0.29, 0.717) is 5.41 Å². The Kier molecular flexibility index (Phi) is 5.77. The maximum absolute atomic E-state index is 5.76. The van der Waals surface area contributed by atoms with Gasteiger partial charge in [0.1, 0.15) is 0 Å². The number of rotatable bonds is 9. The molecular formula is C14H30N2. The minimum atomic E-state index is 0.331. The fourth-order valence-corrected chi connectivity index (χ4v) is 2.16. The molecule has 1 aliphatic rings. The molecule has 2 N–H and O–H groups in total. The van der Waals surface area contributed by atoms with Crippen molar-refractivity contribution in [3.8, 4) is 0 Å². The third kappa shape index (κ3) is 5.86. The molecule has 0 heterocycles. The Labute approximate surface area is 102 Å². The van der Waals surface area contributed by atoms with Gasteiger partial charge in [-0.25, -0.2) is 0 Å². The summed E-state index contributed by atoms with van der Waals surface area (Å²) in [6, 6.07) is 0. The van der Waals surface area contributed by atoms with Crippen molar-refractivity contribution in [2.24, 2.45) is 17.1 Å². The van der Waals surface area contributed by atoms with E-state index < -0.39 is 0 Å². The Morgan fingerprint density at radius 1 is 1.25 bits per heavy atom. The highest BCUT2D eigenvalue weighted by Crippen LogP contribution is 2.30. The van der Waals surface area contributed by atoms with Gasteiger partial charge in [-0.1, -0.05) is 20.8 Å². The molecule has 0 aromatic heterocycles. The smallest absolute Gasteiger partial charge is 0.000966 e. The van der Waals surface area contributed by atoms with E-state index in [0.717, 1.165) is 12.5 Å². The largest absolute Gasteiger partial charge is 0.330 e. The zero-order chi connectivity index (χ0) is 12.0. The summed E-state index contributed by atoms with van der Waals surface area (Å²) >= 11 is 0. The normalized spacial score (nSPS) is 17.1. The standard InChI is InChI=1S/C14H30N2/c1-4-9-16(11-13-6-7-13)10-5-8-14(2,3)12-15/h13H,4-12,15H2,1-3H3. The molecule has 0 atom stereocenters. The van der Waals surface area contributed by atoms with Crippen LogP contribution in [0.2, 0.25) is 0 Å². The molecule has 0 amide bonds. The lowest BCUT2D eigenvalue weighted by atomic mass is 9.88. The average molecular weight is 226 g/mol. The molecule has 2 nitrogen and oxygen atoms in total. The van der Waals surface area contributed by atoms with Crippen LogP contribution in [0.15, 0.2) is 0 Å². The summed E-state index contributed by atoms with van der Waals surface area (Å²) in [4.78, 5) is 2.66. The molecule has 1 aliphatic carbocycles. The second-order valence-corrected chi connectivity index (χ2v) is 6.22. The van der Waals surface area contributed by atoms with Crippen LogP contribution in [0.1, 0.15) is 52.9 Å². The Morgan fingerprint density at radius 2 is 1.94 bits per heavy atom. The third-order valence-corrected chi connectivity index (χ3v) is 3.63. The second-order valence-electron chi connectivity index (χ2n) is 6.22. The molecule has 1 saturated carbocycles. The molecule has 0 radical (unpaired) electrons. The first-order valence-electron chi connectivity index (χ1n) is 7.00. The van der Waals surface area contributed by atoms with E-state index in [4.69, 9.17) is 5.73 Å². The summed E-state index contributed by atoms with van der Waals surface area (Å²) in [6.45, 7) is 11.5. The van der Waals surface area contributed by atoms with Gasteiger partial charge < -0.3 is 10.6 Å². The molecule has 0 unspecified atom stereocenters. The lowest BCUT2D eigenvalue weighted by molar-refractivity contribution is 0.236. The van der Waals surface area contributed by atoms with Gasteiger partial charge in [-0.3, -0.25) is 0 Å². The second kappa shape index (κ2) is 6.61. The highest BCUT2D eigenvalue weighted by Gasteiger charge is 2.24. The van der Waals surface area contributed by atoms with Gasteiger partial charge in [0.25, 0.3) is 0 Å². The van der Waals surface area contributed by atoms with Crippen LogP contribution in [0, 0.1) is 11.3 Å². The van der Waals surface area contributed by atoms with E-state index in [2.05, 4.69) is 25.7 Å². The highest BCUT2D eigenvalue weighted by atomic mass is 15.1. The molecule has 1 fully saturated rings. The molecule has 0 aromatic carbocycles. The van der Waals surface area contributed by atoms with E-state index >= 15 is 0 Å². The Bertz CT molecular complexity index is 185. The van der Waals surface area contributed by atoms with Crippen LogP contribution < -0.4 is 5.73 Å². The number of nitrogens with two attached hydrogens (primary N) is 1. The lowest BCUT2D eigenvalue weighted by Crippen LogP contribution is -2.30. The van der Waals surface area contributed by atoms with Crippen molar-refractivity contribution in [3.05, 3.63) is 0 Å². The predicted molar refractivity (Wildman–Crippen MR) is 71.5 cm³/mol. The Balaban J connectivity index is 2.15. The number of hydrogen-bond acceptors (Lipinski definition) is 2. The summed E-state index contributed by atoms with van der Waals surface area (Å²) < 4.78 is 0. The average Bonchev–Trinajstić information content (AvgIpc) is 3.02. The number of hydrogen-bond donors (Lipinski definition) is 1. The molecule has 0 aromatic rings. The zero-order valence-electron chi connectivity index (χ0n) is 11.5. The molecule has 0 bridgehead atoms. The maximum atomic E-state index is 5.76. The van der Waals surface area contributed by atoms with Gasteiger partial charge in [-0.05, 0) is 63.1 Å². The van der Waals surface area contributed by atoms with Gasteiger partial charge in [0.05, 0.1) is 0 Å². The fourth-order valence-electron chi connectivity index (χ4n) is 2.16. The van der Waals surface area contributed by atoms with Crippen LogP contribution in [0.3, 0.4) is 0 Å². The Morgan fingerprint density at radius 3 is 2.44 bits per heavy atom. The monoisotopic (exact) mass is 226 g/mol. The molecule has 2 heteroatoms. The first-order chi connectivity index (χ1) is 7.57. The van der Waals surface area contributed by atoms with Gasteiger partial charge in [-0.15, -0.1) is 0 Å². The van der Waals surface area contributed by atoms with Crippen molar-refractivity contribution in [1.29, 1.82) is 0 Å². The van der Waals surface area contributed by atoms with Crippen LogP contribution >= 0.6 is 0 Å². The molecule has 96 valence electrons. The van der Waals surface area contributed by atoms with Crippen LogP contribution in [0.25, 0.3) is 0 Å². The van der Waals surface area contributed by atoms with Crippen molar-refractivity contribution in [3.63, 3.8) is 0 Å². The van der Waals surface area contributed by atoms with E-state index in [-0.39, 0.29) is 0 Å². The predicted octanol–water partition coefficient (Wildman–Crippen LogP) is 2.87. The molecule has 1 rings (SSSR count). The van der Waals surface area contributed by atoms with Crippen LogP contribution in [0.5, 0.6) is 0 Å². The first-order valence-corrected chi connectivity index (χ1v) is 7.00. The quantitative estimate of drug-likeness (QED) is 0.655. The van der Waals surface area contributed by atoms with Crippen molar-refractivity contribution >= 4 is 0 Å². The van der Waals surface area contributed by atoms with Crippen LogP contribution in [-0.2, 0) is 0 Å². The van der Waals surface area contributed by atoms with Gasteiger partial charge in [-0.2, -0.15) is 0 Å². The van der Waals surface area contributed by atoms with Crippen molar-refractivity contribution < 1.29 is 0 Å². The van der Waals surface area contributed by atoms with Gasteiger partial charge in [0.15, 0.2) is 0 Å². The topological polar surface area (TPSA) is 29.3 Å². The molecule has 0 spiro atoms.